The van der Waals surface area contributed by atoms with Crippen LogP contribution in [0.4, 0.5) is 8.78 Å². The lowest BCUT2D eigenvalue weighted by molar-refractivity contribution is -0.129. The van der Waals surface area contributed by atoms with Crippen molar-refractivity contribution in [1.29, 1.82) is 0 Å². The number of benzene rings is 1. The normalized spacial score (nSPS) is 15.3. The Kier molecular flexibility index (Phi) is 5.02. The summed E-state index contributed by atoms with van der Waals surface area (Å²) in [7, 11) is 0. The predicted molar refractivity (Wildman–Crippen MR) is 90.7 cm³/mol. The van der Waals surface area contributed by atoms with Gasteiger partial charge in [0.15, 0.2) is 0 Å². The van der Waals surface area contributed by atoms with Gasteiger partial charge in [0.2, 0.25) is 5.91 Å². The molecule has 122 valence electrons. The minimum atomic E-state index is -0.557. The number of amides is 1. The van der Waals surface area contributed by atoms with Crippen LogP contribution in [0.15, 0.2) is 29.6 Å². The molecule has 1 atom stereocenters. The van der Waals surface area contributed by atoms with Crippen molar-refractivity contribution >= 4 is 29.0 Å². The maximum Gasteiger partial charge on any atom is 0.232 e. The lowest BCUT2D eigenvalue weighted by Crippen LogP contribution is -2.36. The summed E-state index contributed by atoms with van der Waals surface area (Å²) in [5.74, 6) is -0.860. The molecule has 1 aromatic heterocycles. The standard InChI is InChI=1S/C17H17F2NOS2/c1-11(17-13(18)3-2-4-14(17)19)23-10-16(21)20-7-5-15-12(9-20)6-8-22-15/h2-4,6,8,11H,5,7,9-10H2,1H3. The third-order valence-corrected chi connectivity index (χ3v) is 6.20. The number of fused-ring (bicyclic) bond motifs is 1. The number of thioether (sulfide) groups is 1. The maximum atomic E-state index is 13.8. The molecule has 0 bridgehead atoms. The lowest BCUT2D eigenvalue weighted by atomic mass is 10.1. The largest absolute Gasteiger partial charge is 0.337 e. The highest BCUT2D eigenvalue weighted by molar-refractivity contribution is 8.00. The van der Waals surface area contributed by atoms with Crippen molar-refractivity contribution in [3.05, 3.63) is 57.3 Å². The van der Waals surface area contributed by atoms with E-state index in [2.05, 4.69) is 11.4 Å². The van der Waals surface area contributed by atoms with Gasteiger partial charge in [-0.25, -0.2) is 8.78 Å². The van der Waals surface area contributed by atoms with Gasteiger partial charge in [-0.15, -0.1) is 23.1 Å². The van der Waals surface area contributed by atoms with Crippen LogP contribution in [-0.2, 0) is 17.8 Å². The molecule has 0 spiro atoms. The molecule has 0 fully saturated rings. The monoisotopic (exact) mass is 353 g/mol. The van der Waals surface area contributed by atoms with E-state index in [0.29, 0.717) is 6.54 Å². The second-order valence-electron chi connectivity index (χ2n) is 5.52. The molecule has 0 saturated heterocycles. The zero-order valence-corrected chi connectivity index (χ0v) is 14.4. The summed E-state index contributed by atoms with van der Waals surface area (Å²) in [6, 6.07) is 5.91. The molecule has 0 N–H and O–H groups in total. The minimum absolute atomic E-state index is 0.0236. The summed E-state index contributed by atoms with van der Waals surface area (Å²) >= 11 is 3.01. The Morgan fingerprint density at radius 2 is 2.09 bits per heavy atom. The number of hydrogen-bond donors (Lipinski definition) is 0. The van der Waals surface area contributed by atoms with Crippen molar-refractivity contribution in [2.45, 2.75) is 25.1 Å². The topological polar surface area (TPSA) is 20.3 Å². The number of nitrogens with zero attached hydrogens (tertiary/aromatic N) is 1. The number of halogens is 2. The minimum Gasteiger partial charge on any atom is -0.337 e. The van der Waals surface area contributed by atoms with Gasteiger partial charge in [0, 0.05) is 28.8 Å². The molecule has 2 heterocycles. The van der Waals surface area contributed by atoms with E-state index < -0.39 is 16.9 Å². The van der Waals surface area contributed by atoms with E-state index in [0.717, 1.165) is 13.0 Å². The summed E-state index contributed by atoms with van der Waals surface area (Å²) in [6.07, 6.45) is 0.890. The van der Waals surface area contributed by atoms with Gasteiger partial charge in [-0.2, -0.15) is 0 Å². The Balaban J connectivity index is 1.59. The van der Waals surface area contributed by atoms with E-state index in [9.17, 15) is 13.6 Å². The van der Waals surface area contributed by atoms with Gasteiger partial charge in [0.25, 0.3) is 0 Å². The SMILES string of the molecule is CC(SCC(=O)N1CCc2sccc2C1)c1c(F)cccc1F. The molecule has 0 saturated carbocycles. The highest BCUT2D eigenvalue weighted by Gasteiger charge is 2.23. The Morgan fingerprint density at radius 3 is 2.83 bits per heavy atom. The van der Waals surface area contributed by atoms with Gasteiger partial charge < -0.3 is 4.90 Å². The van der Waals surface area contributed by atoms with E-state index in [1.807, 2.05) is 4.90 Å². The van der Waals surface area contributed by atoms with Crippen molar-refractivity contribution < 1.29 is 13.6 Å². The molecule has 1 aromatic carbocycles. The molecule has 2 aromatic rings. The van der Waals surface area contributed by atoms with E-state index in [4.69, 9.17) is 0 Å². The molecule has 0 aliphatic carbocycles. The maximum absolute atomic E-state index is 13.8. The fourth-order valence-electron chi connectivity index (χ4n) is 2.73. The van der Waals surface area contributed by atoms with Crippen LogP contribution in [-0.4, -0.2) is 23.1 Å². The van der Waals surface area contributed by atoms with E-state index in [1.165, 1.54) is 40.4 Å². The highest BCUT2D eigenvalue weighted by atomic mass is 32.2. The second kappa shape index (κ2) is 7.01. The molecule has 3 rings (SSSR count). The van der Waals surface area contributed by atoms with Crippen LogP contribution in [0, 0.1) is 11.6 Å². The molecule has 1 amide bonds. The molecule has 6 heteroatoms. The zero-order chi connectivity index (χ0) is 16.4. The average Bonchev–Trinajstić information content (AvgIpc) is 3.00. The molecular weight excluding hydrogens is 336 g/mol. The van der Waals surface area contributed by atoms with Crippen molar-refractivity contribution in [1.82, 2.24) is 4.90 Å². The zero-order valence-electron chi connectivity index (χ0n) is 12.7. The summed E-state index contributed by atoms with van der Waals surface area (Å²) in [5.41, 5.74) is 1.26. The van der Waals surface area contributed by atoms with E-state index >= 15 is 0 Å². The molecule has 1 aliphatic heterocycles. The first-order chi connectivity index (χ1) is 11.1. The van der Waals surface area contributed by atoms with Crippen molar-refractivity contribution in [3.8, 4) is 0 Å². The fraction of sp³-hybridized carbons (Fsp3) is 0.353. The molecule has 23 heavy (non-hydrogen) atoms. The Bertz CT molecular complexity index is 696. The molecule has 1 unspecified atom stereocenters. The second-order valence-corrected chi connectivity index (χ2v) is 7.85. The van der Waals surface area contributed by atoms with Crippen LogP contribution in [0.2, 0.25) is 0 Å². The highest BCUT2D eigenvalue weighted by Crippen LogP contribution is 2.32. The first-order valence-electron chi connectivity index (χ1n) is 7.45. The number of carbonyl (C=O) groups is 1. The third kappa shape index (κ3) is 3.58. The van der Waals surface area contributed by atoms with Crippen LogP contribution in [0.5, 0.6) is 0 Å². The van der Waals surface area contributed by atoms with Gasteiger partial charge in [-0.05, 0) is 42.5 Å². The van der Waals surface area contributed by atoms with Crippen LogP contribution in [0.1, 0.15) is 28.2 Å². The number of rotatable bonds is 4. The Hall–Kier alpha value is -1.40. The summed E-state index contributed by atoms with van der Waals surface area (Å²) in [6.45, 7) is 3.09. The van der Waals surface area contributed by atoms with Crippen molar-refractivity contribution in [2.24, 2.45) is 0 Å². The molecule has 2 nitrogen and oxygen atoms in total. The van der Waals surface area contributed by atoms with Gasteiger partial charge in [-0.1, -0.05) is 6.07 Å². The fourth-order valence-corrected chi connectivity index (χ4v) is 4.59. The lowest BCUT2D eigenvalue weighted by Gasteiger charge is -2.27. The van der Waals surface area contributed by atoms with Crippen molar-refractivity contribution in [2.75, 3.05) is 12.3 Å². The summed E-state index contributed by atoms with van der Waals surface area (Å²) < 4.78 is 27.5. The van der Waals surface area contributed by atoms with Gasteiger partial charge >= 0.3 is 0 Å². The predicted octanol–water partition coefficient (Wildman–Crippen LogP) is 4.41. The van der Waals surface area contributed by atoms with Gasteiger partial charge in [0.05, 0.1) is 5.75 Å². The summed E-state index contributed by atoms with van der Waals surface area (Å²) in [5, 5.41) is 1.65. The number of carbonyl (C=O) groups excluding carboxylic acids is 1. The Labute approximate surface area is 142 Å². The van der Waals surface area contributed by atoms with Crippen LogP contribution in [0.3, 0.4) is 0 Å². The molecule has 0 radical (unpaired) electrons. The average molecular weight is 353 g/mol. The smallest absolute Gasteiger partial charge is 0.232 e. The summed E-state index contributed by atoms with van der Waals surface area (Å²) in [4.78, 5) is 15.5. The first-order valence-corrected chi connectivity index (χ1v) is 9.37. The van der Waals surface area contributed by atoms with Gasteiger partial charge in [-0.3, -0.25) is 4.79 Å². The van der Waals surface area contributed by atoms with Crippen LogP contribution < -0.4 is 0 Å². The van der Waals surface area contributed by atoms with Crippen LogP contribution in [0.25, 0.3) is 0 Å². The third-order valence-electron chi connectivity index (χ3n) is 4.02. The Morgan fingerprint density at radius 1 is 1.35 bits per heavy atom. The van der Waals surface area contributed by atoms with E-state index in [-0.39, 0.29) is 17.2 Å². The number of thiophene rings is 1. The van der Waals surface area contributed by atoms with Crippen molar-refractivity contribution in [3.63, 3.8) is 0 Å². The first kappa shape index (κ1) is 16.5. The number of hydrogen-bond acceptors (Lipinski definition) is 3. The van der Waals surface area contributed by atoms with E-state index in [1.54, 1.807) is 18.3 Å². The van der Waals surface area contributed by atoms with Crippen LogP contribution >= 0.6 is 23.1 Å². The molecule has 1 aliphatic rings. The quantitative estimate of drug-likeness (QED) is 0.812. The molecular formula is C17H17F2NOS2. The van der Waals surface area contributed by atoms with Gasteiger partial charge in [0.1, 0.15) is 11.6 Å².